The van der Waals surface area contributed by atoms with E-state index in [2.05, 4.69) is 17.6 Å². The van der Waals surface area contributed by atoms with Gasteiger partial charge in [0.2, 0.25) is 0 Å². The molecule has 36 heavy (non-hydrogen) atoms. The van der Waals surface area contributed by atoms with Crippen molar-refractivity contribution in [2.24, 2.45) is 3.77 Å². The molecular weight excluding hydrogens is 494 g/mol. The molecule has 198 valence electrons. The second-order valence-corrected chi connectivity index (χ2v) is 13.9. The van der Waals surface area contributed by atoms with Crippen LogP contribution in [0.5, 0.6) is 0 Å². The minimum absolute atomic E-state index is 0.0798. The Hall–Kier alpha value is -2.45. The average Bonchev–Trinajstić information content (AvgIpc) is 2.78. The fourth-order valence-corrected chi connectivity index (χ4v) is 8.32. The number of carbonyl (C=O) groups excluding carboxylic acids is 1. The Morgan fingerprint density at radius 3 is 1.86 bits per heavy atom. The smallest absolute Gasteiger partial charge is 0.320 e. The molecule has 8 heteroatoms. The molecule has 2 atom stereocenters. The third-order valence-electron chi connectivity index (χ3n) is 5.76. The van der Waals surface area contributed by atoms with E-state index in [0.29, 0.717) is 11.1 Å². The highest BCUT2D eigenvalue weighted by atomic mass is 32.3. The molecule has 6 nitrogen and oxygen atoms in total. The molecular formula is C28H39NO5S2. The molecule has 0 N–H and O–H groups in total. The van der Waals surface area contributed by atoms with E-state index in [1.807, 2.05) is 39.8 Å². The molecule has 0 saturated heterocycles. The number of carbonyl (C=O) groups is 1. The Morgan fingerprint density at radius 2 is 1.42 bits per heavy atom. The molecule has 2 aromatic carbocycles. The van der Waals surface area contributed by atoms with Gasteiger partial charge in [0.25, 0.3) is 10.0 Å². The molecule has 0 spiro atoms. The molecule has 0 aromatic heterocycles. The number of hydrogen-bond acceptors (Lipinski definition) is 5. The molecule has 0 bridgehead atoms. The number of sulfonamides is 1. The number of nitrogens with zero attached hydrogens (tertiary/aromatic N) is 1. The lowest BCUT2D eigenvalue weighted by molar-refractivity contribution is -0.142. The fraction of sp³-hybridized carbons (Fsp3) is 0.464. The van der Waals surface area contributed by atoms with Crippen LogP contribution in [0.2, 0.25) is 0 Å². The highest BCUT2D eigenvalue weighted by molar-refractivity contribution is 8.03. The Bertz CT molecular complexity index is 1290. The summed E-state index contributed by atoms with van der Waals surface area (Å²) in [6.45, 7) is 15.3. The number of hydrogen-bond donors (Lipinski definition) is 0. The second-order valence-electron chi connectivity index (χ2n) is 9.86. The van der Waals surface area contributed by atoms with Crippen LogP contribution >= 0.6 is 0 Å². The second kappa shape index (κ2) is 12.2. The van der Waals surface area contributed by atoms with E-state index in [9.17, 15) is 17.4 Å². The standard InChI is InChI=1S/C28H39NO5S2/c1-9-13-22(8)34-27(30)18-35(31,24-14-11-10-12-15-24)29-36(32,33)28-25(20(4)5)16-23(19(2)3)17-26(28)21(6)7/h9-17,19-22H,18H2,1-8H3/b13-9+. The molecule has 0 aliphatic heterocycles. The van der Waals surface area contributed by atoms with Crippen molar-refractivity contribution in [1.82, 2.24) is 0 Å². The number of ether oxygens (including phenoxy) is 1. The first-order valence-corrected chi connectivity index (χ1v) is 15.4. The van der Waals surface area contributed by atoms with E-state index in [1.54, 1.807) is 44.2 Å². The van der Waals surface area contributed by atoms with Crippen molar-refractivity contribution in [1.29, 1.82) is 0 Å². The summed E-state index contributed by atoms with van der Waals surface area (Å²) < 4.78 is 51.4. The number of benzene rings is 2. The van der Waals surface area contributed by atoms with Crippen LogP contribution in [0.3, 0.4) is 0 Å². The minimum atomic E-state index is -4.42. The van der Waals surface area contributed by atoms with Crippen molar-refractivity contribution >= 4 is 25.7 Å². The van der Waals surface area contributed by atoms with Crippen LogP contribution in [0.1, 0.15) is 89.8 Å². The Balaban J connectivity index is 2.82. The maximum atomic E-state index is 14.2. The fourth-order valence-electron chi connectivity index (χ4n) is 3.88. The first kappa shape index (κ1) is 29.8. The minimum Gasteiger partial charge on any atom is -0.458 e. The number of rotatable bonds is 10. The van der Waals surface area contributed by atoms with Crippen LogP contribution in [-0.4, -0.2) is 30.5 Å². The van der Waals surface area contributed by atoms with E-state index in [-0.39, 0.29) is 27.5 Å². The molecule has 0 saturated carbocycles. The van der Waals surface area contributed by atoms with Gasteiger partial charge in [-0.15, -0.1) is 3.77 Å². The molecule has 0 aliphatic carbocycles. The zero-order chi connectivity index (χ0) is 27.3. The van der Waals surface area contributed by atoms with Gasteiger partial charge in [-0.2, -0.15) is 8.42 Å². The first-order chi connectivity index (χ1) is 16.7. The van der Waals surface area contributed by atoms with Gasteiger partial charge in [0.05, 0.1) is 4.90 Å². The predicted molar refractivity (Wildman–Crippen MR) is 146 cm³/mol. The van der Waals surface area contributed by atoms with Crippen LogP contribution in [0.4, 0.5) is 0 Å². The van der Waals surface area contributed by atoms with E-state index in [1.165, 1.54) is 12.1 Å². The zero-order valence-corrected chi connectivity index (χ0v) is 24.2. The Kier molecular flexibility index (Phi) is 10.1. The maximum absolute atomic E-state index is 14.2. The van der Waals surface area contributed by atoms with Crippen molar-refractivity contribution < 1.29 is 22.2 Å². The number of allylic oxidation sites excluding steroid dienone is 1. The normalized spacial score (nSPS) is 14.9. The Morgan fingerprint density at radius 1 is 0.889 bits per heavy atom. The van der Waals surface area contributed by atoms with Crippen molar-refractivity contribution in [3.63, 3.8) is 0 Å². The highest BCUT2D eigenvalue weighted by Crippen LogP contribution is 2.37. The zero-order valence-electron chi connectivity index (χ0n) is 22.5. The largest absolute Gasteiger partial charge is 0.458 e. The Labute approximate surface area is 217 Å². The van der Waals surface area contributed by atoms with Crippen molar-refractivity contribution in [3.8, 4) is 0 Å². The van der Waals surface area contributed by atoms with Crippen molar-refractivity contribution in [2.45, 2.75) is 89.0 Å². The van der Waals surface area contributed by atoms with Gasteiger partial charge >= 0.3 is 5.97 Å². The highest BCUT2D eigenvalue weighted by Gasteiger charge is 2.30. The summed E-state index contributed by atoms with van der Waals surface area (Å²) in [5.41, 5.74) is 2.30. The first-order valence-electron chi connectivity index (χ1n) is 12.3. The molecule has 2 rings (SSSR count). The van der Waals surface area contributed by atoms with Crippen molar-refractivity contribution in [2.75, 3.05) is 5.75 Å². The SMILES string of the molecule is C/C=C/C(C)OC(=O)CS(=O)(=NS(=O)(=O)c1c(C(C)C)cc(C(C)C)cc1C(C)C)c1ccccc1. The lowest BCUT2D eigenvalue weighted by Crippen LogP contribution is -2.23. The molecule has 2 unspecified atom stereocenters. The van der Waals surface area contributed by atoms with Gasteiger partial charge in [-0.05, 0) is 66.5 Å². The van der Waals surface area contributed by atoms with Crippen LogP contribution in [0, 0.1) is 0 Å². The third-order valence-corrected chi connectivity index (χ3v) is 10.1. The number of esters is 1. The van der Waals surface area contributed by atoms with Gasteiger partial charge in [-0.3, -0.25) is 4.79 Å². The summed E-state index contributed by atoms with van der Waals surface area (Å²) in [6.07, 6.45) is 2.88. The van der Waals surface area contributed by atoms with E-state index in [4.69, 9.17) is 4.74 Å². The third kappa shape index (κ3) is 7.29. The summed E-state index contributed by atoms with van der Waals surface area (Å²) in [6, 6.07) is 11.9. The summed E-state index contributed by atoms with van der Waals surface area (Å²) in [4.78, 5) is 13.0. The van der Waals surface area contributed by atoms with Crippen LogP contribution in [-0.2, 0) is 29.3 Å². The quantitative estimate of drug-likeness (QED) is 0.248. The van der Waals surface area contributed by atoms with Gasteiger partial charge in [0.1, 0.15) is 21.6 Å². The molecule has 0 amide bonds. The van der Waals surface area contributed by atoms with E-state index in [0.717, 1.165) is 5.56 Å². The summed E-state index contributed by atoms with van der Waals surface area (Å²) >= 11 is 0. The molecule has 0 heterocycles. The molecule has 0 aliphatic rings. The van der Waals surface area contributed by atoms with Gasteiger partial charge in [-0.1, -0.05) is 78.0 Å². The lowest BCUT2D eigenvalue weighted by Gasteiger charge is -2.22. The van der Waals surface area contributed by atoms with Crippen LogP contribution in [0.25, 0.3) is 0 Å². The van der Waals surface area contributed by atoms with Crippen LogP contribution < -0.4 is 0 Å². The van der Waals surface area contributed by atoms with Gasteiger partial charge in [0.15, 0.2) is 0 Å². The molecule has 0 fully saturated rings. The topological polar surface area (TPSA) is 89.9 Å². The summed E-state index contributed by atoms with van der Waals surface area (Å²) in [7, 11) is -8.12. The van der Waals surface area contributed by atoms with E-state index < -0.39 is 37.6 Å². The summed E-state index contributed by atoms with van der Waals surface area (Å²) in [5, 5.41) is 0. The average molecular weight is 534 g/mol. The molecule has 0 radical (unpaired) electrons. The van der Waals surface area contributed by atoms with E-state index >= 15 is 0 Å². The predicted octanol–water partition coefficient (Wildman–Crippen LogP) is 6.78. The lowest BCUT2D eigenvalue weighted by atomic mass is 9.89. The van der Waals surface area contributed by atoms with Gasteiger partial charge in [-0.25, -0.2) is 4.21 Å². The summed E-state index contributed by atoms with van der Waals surface area (Å²) in [5.74, 6) is -1.47. The monoisotopic (exact) mass is 533 g/mol. The maximum Gasteiger partial charge on any atom is 0.320 e. The van der Waals surface area contributed by atoms with Crippen LogP contribution in [0.15, 0.2) is 68.2 Å². The van der Waals surface area contributed by atoms with Crippen molar-refractivity contribution in [3.05, 3.63) is 71.3 Å². The van der Waals surface area contributed by atoms with Gasteiger partial charge in [0, 0.05) is 4.90 Å². The van der Waals surface area contributed by atoms with Gasteiger partial charge < -0.3 is 4.74 Å². The molecule has 2 aromatic rings.